The minimum absolute atomic E-state index is 0. The van der Waals surface area contributed by atoms with E-state index < -0.39 is 0 Å². The van der Waals surface area contributed by atoms with Crippen molar-refractivity contribution in [2.45, 2.75) is 280 Å². The summed E-state index contributed by atoms with van der Waals surface area (Å²) in [6, 6.07) is 0. The fraction of sp³-hybridized carbons (Fsp3) is 0.875. The molecule has 0 saturated heterocycles. The second-order valence-electron chi connectivity index (χ2n) is 12.1. The molecular weight excluding hydrogens is 1380 g/mol. The van der Waals surface area contributed by atoms with Gasteiger partial charge < -0.3 is 40.0 Å². The van der Waals surface area contributed by atoms with E-state index in [0.717, 1.165) is 0 Å². The molecule has 0 atom stereocenters. The molecule has 0 N–H and O–H groups in total. The molecule has 0 amide bonds. The Morgan fingerprint density at radius 3 is 0.281 bits per heavy atom. The Hall–Kier alpha value is 9.94. The summed E-state index contributed by atoms with van der Waals surface area (Å²) >= 11 is 0. The topological polar surface area (TPSA) is 0 Å². The molecule has 0 aliphatic heterocycles. The first-order valence-electron chi connectivity index (χ1n) is 20.9. The summed E-state index contributed by atoms with van der Waals surface area (Å²) in [5, 5.41) is 0. The van der Waals surface area contributed by atoms with Crippen molar-refractivity contribution in [1.82, 2.24) is 0 Å². The van der Waals surface area contributed by atoms with E-state index in [4.69, 9.17) is 0 Å². The average molecular weight is 1490 g/mol. The molecule has 57 heavy (non-hydrogen) atoms. The average Bonchev–Trinajstić information content (AvgIpc) is 3.89. The van der Waals surface area contributed by atoms with Crippen LogP contribution in [0.2, 0.25) is 0 Å². The van der Waals surface area contributed by atoms with Gasteiger partial charge in [0.2, 0.25) is 0 Å². The predicted octanol–water partition coefficient (Wildman–Crippen LogP) is 20.5. The van der Waals surface area contributed by atoms with E-state index in [0.29, 0.717) is 0 Å². The van der Waals surface area contributed by atoms with Crippen LogP contribution in [-0.2, 0) is 294 Å². The summed E-state index contributed by atoms with van der Waals surface area (Å²) in [5.74, 6) is 4.51. The van der Waals surface area contributed by atoms with E-state index in [1.54, 1.807) is 0 Å². The van der Waals surface area contributed by atoms with Gasteiger partial charge in [0, 0.05) is 294 Å². The van der Waals surface area contributed by atoms with E-state index >= 15 is 0 Å². The van der Waals surface area contributed by atoms with Gasteiger partial charge >= 0.3 is 0 Å². The van der Waals surface area contributed by atoms with E-state index in [-0.39, 0.29) is 317 Å². The van der Waals surface area contributed by atoms with Gasteiger partial charge in [0.25, 0.3) is 0 Å². The van der Waals surface area contributed by atoms with Gasteiger partial charge in [0.15, 0.2) is 0 Å². The summed E-state index contributed by atoms with van der Waals surface area (Å²) in [7, 11) is 0. The molecule has 3 aliphatic carbocycles. The fourth-order valence-electron chi connectivity index (χ4n) is 2.65. The summed E-state index contributed by atoms with van der Waals surface area (Å²) < 4.78 is 0. The van der Waals surface area contributed by atoms with Crippen LogP contribution in [-0.4, -0.2) is 0 Å². The molecule has 3 rings (SSSR count). The van der Waals surface area contributed by atoms with Crippen molar-refractivity contribution < 1.29 is 294 Å². The van der Waals surface area contributed by atoms with Crippen LogP contribution in [0.4, 0.5) is 0 Å². The zero-order valence-electron chi connectivity index (χ0n) is 45.5. The van der Waals surface area contributed by atoms with Crippen LogP contribution in [0, 0.1) is 40.0 Å². The maximum Gasteiger partial charge on any atom is 0 e. The molecule has 0 spiro atoms. The number of hydrogen-bond donors (Lipinski definition) is 0. The molecule has 3 saturated carbocycles. The molecule has 0 aromatic heterocycles. The Balaban J connectivity index is -0.0000000130. The van der Waals surface area contributed by atoms with Crippen LogP contribution in [0.1, 0.15) is 280 Å². The van der Waals surface area contributed by atoms with Crippen LogP contribution in [0.25, 0.3) is 0 Å². The van der Waals surface area contributed by atoms with Crippen molar-refractivity contribution in [1.29, 1.82) is 0 Å². The Kier molecular flexibility index (Phi) is 422. The SMILES string of the molecule is C1CCCC1.C1CCCC1.C1CCCC1.CC.CC.CC.CCC.CCC.CCC.CC[C-](C)C.CC[C-](C)C.CC[C-](C)C.[CH3-].[CH3-].[CH3-].[Y].[Y].[Y].[Y].[Y].[Y].[Y].[Y].[Y]. The molecule has 339 valence electrons. The van der Waals surface area contributed by atoms with Crippen molar-refractivity contribution in [3.8, 4) is 0 Å². The minimum atomic E-state index is 0. The normalized spacial score (nSPS) is 10.1. The van der Waals surface area contributed by atoms with Crippen LogP contribution >= 0.6 is 0 Å². The van der Waals surface area contributed by atoms with Gasteiger partial charge in [-0.05, 0) is 0 Å². The van der Waals surface area contributed by atoms with Crippen molar-refractivity contribution in [3.05, 3.63) is 40.0 Å². The molecule has 0 bridgehead atoms. The first kappa shape index (κ1) is 138. The monoisotopic (exact) mass is 1490 g/mol. The maximum atomic E-state index is 2.16. The quantitative estimate of drug-likeness (QED) is 0.247. The summed E-state index contributed by atoms with van der Waals surface area (Å²) in [6.45, 7) is 44.1. The van der Waals surface area contributed by atoms with Crippen LogP contribution in [0.3, 0.4) is 0 Å². The standard InChI is InChI=1S/3C5H10.3C5H11.3C3H8.3C2H6.3CH3.9Y/c3*1-2-4-5-3-1;3*1-4-5(2)3;3*1-3-2;3*1-2;;;;;;;;;;;;/h3*1-5H2;3*4H2,1-3H3;3*3H2,1-2H3;3*1-2H3;3*1H3;;;;;;;;;/q;;;3*-1;;;;;;;3*-1;;;;;;;;;. The smallest absolute Gasteiger partial charge is 0 e. The third-order valence-corrected chi connectivity index (χ3v) is 5.87. The molecule has 0 aromatic rings. The molecule has 3 fully saturated rings. The Bertz CT molecular complexity index is 242. The zero-order valence-corrected chi connectivity index (χ0v) is 71.1. The van der Waals surface area contributed by atoms with E-state index in [1.807, 2.05) is 41.5 Å². The molecule has 0 nitrogen and oxygen atoms in total. The summed E-state index contributed by atoms with van der Waals surface area (Å²) in [6.07, 6.45) is 29.9. The third-order valence-electron chi connectivity index (χ3n) is 5.87. The summed E-state index contributed by atoms with van der Waals surface area (Å²) in [5.41, 5.74) is 0. The van der Waals surface area contributed by atoms with Gasteiger partial charge in [0.1, 0.15) is 0 Å². The molecule has 0 aromatic carbocycles. The van der Waals surface area contributed by atoms with Gasteiger partial charge in [-0.1, -0.05) is 219 Å². The molecule has 9 heteroatoms. The van der Waals surface area contributed by atoms with Crippen LogP contribution in [0.15, 0.2) is 0 Å². The van der Waals surface area contributed by atoms with Gasteiger partial charge in [-0.2, -0.15) is 60.8 Å². The zero-order chi connectivity index (χ0) is 37.6. The third kappa shape index (κ3) is 282. The first-order valence-corrected chi connectivity index (χ1v) is 20.9. The molecule has 0 unspecified atom stereocenters. The molecule has 9 radical (unpaired) electrons. The maximum absolute atomic E-state index is 2.16. The van der Waals surface area contributed by atoms with Gasteiger partial charge in [0.05, 0.1) is 0 Å². The fourth-order valence-corrected chi connectivity index (χ4v) is 2.65. The Labute approximate surface area is 601 Å². The minimum Gasteiger partial charge on any atom is -0.358 e. The Morgan fingerprint density at radius 1 is 0.228 bits per heavy atom. The predicted molar refractivity (Wildman–Crippen MR) is 245 cm³/mol. The second kappa shape index (κ2) is 174. The summed E-state index contributed by atoms with van der Waals surface area (Å²) in [4.78, 5) is 0. The largest absolute Gasteiger partial charge is 0.358 e. The van der Waals surface area contributed by atoms with Gasteiger partial charge in [-0.25, -0.2) is 0 Å². The number of rotatable bonds is 3. The van der Waals surface area contributed by atoms with E-state index in [1.165, 1.54) is 153 Å². The molecular formula is C48H114Y9-6. The Morgan fingerprint density at radius 2 is 0.263 bits per heavy atom. The molecule has 0 heterocycles. The van der Waals surface area contributed by atoms with Crippen LogP contribution in [0.5, 0.6) is 0 Å². The van der Waals surface area contributed by atoms with Crippen molar-refractivity contribution in [2.75, 3.05) is 0 Å². The molecule has 3 aliphatic rings. The van der Waals surface area contributed by atoms with Gasteiger partial charge in [-0.15, -0.1) is 0 Å². The van der Waals surface area contributed by atoms with Gasteiger partial charge in [-0.3, -0.25) is 0 Å². The van der Waals surface area contributed by atoms with E-state index in [9.17, 15) is 0 Å². The van der Waals surface area contributed by atoms with E-state index in [2.05, 4.69) is 104 Å². The van der Waals surface area contributed by atoms with Crippen LogP contribution < -0.4 is 0 Å². The number of hydrogen-bond acceptors (Lipinski definition) is 0. The van der Waals surface area contributed by atoms with Crippen molar-refractivity contribution in [3.63, 3.8) is 0 Å². The van der Waals surface area contributed by atoms with Crippen molar-refractivity contribution >= 4 is 0 Å². The second-order valence-corrected chi connectivity index (χ2v) is 12.1. The van der Waals surface area contributed by atoms with Crippen molar-refractivity contribution in [2.24, 2.45) is 0 Å². The first-order chi connectivity index (χ1) is 21.6.